The summed E-state index contributed by atoms with van der Waals surface area (Å²) in [5.41, 5.74) is 5.03. The normalized spacial score (nSPS) is 9.00. The van der Waals surface area contributed by atoms with Crippen molar-refractivity contribution >= 4 is 40.5 Å². The predicted molar refractivity (Wildman–Crippen MR) is 214 cm³/mol. The first-order chi connectivity index (χ1) is 26.2. The van der Waals surface area contributed by atoms with Gasteiger partial charge in [0.15, 0.2) is 0 Å². The number of carbonyl (C=O) groups is 3. The molecule has 0 aliphatic carbocycles. The smallest absolute Gasteiger partial charge is 0.337 e. The van der Waals surface area contributed by atoms with Gasteiger partial charge in [-0.2, -0.15) is 0 Å². The van der Waals surface area contributed by atoms with Crippen LogP contribution in [0.5, 0.6) is 0 Å². The fourth-order valence-electron chi connectivity index (χ4n) is 3.81. The molecule has 0 spiro atoms. The molecule has 0 saturated carbocycles. The Morgan fingerprint density at radius 1 is 0.537 bits per heavy atom. The van der Waals surface area contributed by atoms with Crippen LogP contribution in [-0.4, -0.2) is 52.2 Å². The van der Waals surface area contributed by atoms with Crippen LogP contribution < -0.4 is 0 Å². The number of rotatable bonds is 3. The van der Waals surface area contributed by atoms with E-state index >= 15 is 0 Å². The lowest BCUT2D eigenvalue weighted by Gasteiger charge is -1.97. The van der Waals surface area contributed by atoms with E-state index in [1.807, 2.05) is 54.6 Å². The lowest BCUT2D eigenvalue weighted by molar-refractivity contribution is 0.0592. The van der Waals surface area contributed by atoms with Gasteiger partial charge in [0.1, 0.15) is 15.1 Å². The number of hydrogen-bond acceptors (Lipinski definition) is 8. The maximum atomic E-state index is 11.2. The predicted octanol–water partition coefficient (Wildman–Crippen LogP) is 7.59. The van der Waals surface area contributed by atoms with Crippen LogP contribution in [0.2, 0.25) is 0 Å². The number of hydrogen-bond donors (Lipinski definition) is 1. The van der Waals surface area contributed by atoms with E-state index in [0.29, 0.717) is 16.8 Å². The Balaban J connectivity index is 0.000000203. The summed E-state index contributed by atoms with van der Waals surface area (Å²) in [6, 6.07) is 37.0. The van der Waals surface area contributed by atoms with Gasteiger partial charge in [0, 0.05) is 35.3 Å². The minimum atomic E-state index is -0.936. The number of esters is 2. The summed E-state index contributed by atoms with van der Waals surface area (Å²) in [5, 5.41) is 8.74. The second-order valence-corrected chi connectivity index (χ2v) is 11.4. The number of nitrogens with zero attached hydrogens (tertiary/aromatic N) is 3. The minimum Gasteiger partial charge on any atom is -0.478 e. The molecule has 0 fully saturated rings. The Hall–Kier alpha value is -7.07. The van der Waals surface area contributed by atoms with Gasteiger partial charge in [0.2, 0.25) is 0 Å². The third kappa shape index (κ3) is 15.4. The quantitative estimate of drug-likeness (QED) is 0.0831. The molecular formula is C44H32IN3O6. The molecule has 54 heavy (non-hydrogen) atoms. The van der Waals surface area contributed by atoms with Crippen LogP contribution in [0.4, 0.5) is 0 Å². The Labute approximate surface area is 327 Å². The van der Waals surface area contributed by atoms with Gasteiger partial charge in [-0.15, -0.1) is 6.42 Å². The van der Waals surface area contributed by atoms with Crippen molar-refractivity contribution in [3.05, 3.63) is 194 Å². The Kier molecular flexibility index (Phi) is 17.9. The molecule has 10 heteroatoms. The molecule has 266 valence electrons. The topological polar surface area (TPSA) is 129 Å². The van der Waals surface area contributed by atoms with Crippen molar-refractivity contribution in [2.75, 3.05) is 14.2 Å². The van der Waals surface area contributed by atoms with E-state index in [0.717, 1.165) is 26.1 Å². The molecule has 6 aromatic rings. The van der Waals surface area contributed by atoms with Crippen LogP contribution in [0.15, 0.2) is 146 Å². The summed E-state index contributed by atoms with van der Waals surface area (Å²) < 4.78 is 10.2. The van der Waals surface area contributed by atoms with Crippen LogP contribution in [-0.2, 0) is 9.47 Å². The summed E-state index contributed by atoms with van der Waals surface area (Å²) >= 11 is 2.17. The van der Waals surface area contributed by atoms with Crippen LogP contribution in [0.25, 0.3) is 0 Å². The Morgan fingerprint density at radius 2 is 0.926 bits per heavy atom. The van der Waals surface area contributed by atoms with Crippen molar-refractivity contribution < 1.29 is 29.0 Å². The fraction of sp³-hybridized carbons (Fsp3) is 0.0455. The van der Waals surface area contributed by atoms with Crippen molar-refractivity contribution in [3.8, 4) is 36.0 Å². The molecule has 3 aromatic heterocycles. The lowest BCUT2D eigenvalue weighted by atomic mass is 10.1. The number of aromatic nitrogens is 3. The molecule has 0 aliphatic rings. The Bertz CT molecular complexity index is 2250. The minimum absolute atomic E-state index is 0.258. The first kappa shape index (κ1) is 41.4. The largest absolute Gasteiger partial charge is 0.478 e. The standard InChI is InChI=1S/C15H11NO2.C14H9NO2.C10H8O2.C5H4IN/c1-18-15(17)13-8-5-12(6-9-13)7-10-14-4-2-3-11-16-14;16-14(17)12-7-4-11(5-8-12)6-9-13-3-1-2-10-15-13;1-3-8-4-6-9(7-5-8)10(11)12-2;6-5-3-1-2-4-7-5/h2-6,8-9,11H,1H3;1-5,7-8,10H,(H,16,17);1,4-7H,2H3;1-4H. The first-order valence-electron chi connectivity index (χ1n) is 15.8. The average Bonchev–Trinajstić information content (AvgIpc) is 3.23. The lowest BCUT2D eigenvalue weighted by Crippen LogP contribution is -2.00. The molecule has 0 bridgehead atoms. The molecule has 3 heterocycles. The maximum absolute atomic E-state index is 11.2. The molecular weight excluding hydrogens is 793 g/mol. The van der Waals surface area contributed by atoms with Gasteiger partial charge in [-0.1, -0.05) is 36.0 Å². The SMILES string of the molecule is C#Cc1ccc(C(=O)OC)cc1.COC(=O)c1ccc(C#Cc2ccccn2)cc1.Ic1ccccn1.O=C(O)c1ccc(C#Cc2ccccn2)cc1. The van der Waals surface area contributed by atoms with E-state index in [-0.39, 0.29) is 17.5 Å². The zero-order valence-electron chi connectivity index (χ0n) is 29.1. The van der Waals surface area contributed by atoms with Crippen molar-refractivity contribution in [2.24, 2.45) is 0 Å². The molecule has 0 unspecified atom stereocenters. The van der Waals surface area contributed by atoms with Crippen molar-refractivity contribution in [2.45, 2.75) is 0 Å². The van der Waals surface area contributed by atoms with Crippen molar-refractivity contribution in [1.82, 2.24) is 15.0 Å². The molecule has 0 amide bonds. The number of benzene rings is 3. The molecule has 9 nitrogen and oxygen atoms in total. The van der Waals surface area contributed by atoms with Crippen LogP contribution in [0, 0.1) is 39.7 Å². The van der Waals surface area contributed by atoms with Gasteiger partial charge in [0.25, 0.3) is 0 Å². The third-order valence-electron chi connectivity index (χ3n) is 6.54. The van der Waals surface area contributed by atoms with Crippen molar-refractivity contribution in [1.29, 1.82) is 0 Å². The summed E-state index contributed by atoms with van der Waals surface area (Å²) in [6.45, 7) is 0. The monoisotopic (exact) mass is 825 g/mol. The number of halogens is 1. The summed E-state index contributed by atoms with van der Waals surface area (Å²) in [6.07, 6.45) is 10.3. The van der Waals surface area contributed by atoms with Crippen LogP contribution >= 0.6 is 22.6 Å². The number of aromatic carboxylic acids is 1. The Morgan fingerprint density at radius 3 is 1.22 bits per heavy atom. The highest BCUT2D eigenvalue weighted by atomic mass is 127. The second kappa shape index (κ2) is 23.4. The van der Waals surface area contributed by atoms with E-state index in [1.54, 1.807) is 79.3 Å². The molecule has 0 aliphatic heterocycles. The van der Waals surface area contributed by atoms with Crippen LogP contribution in [0.1, 0.15) is 59.2 Å². The zero-order chi connectivity index (χ0) is 39.0. The zero-order valence-corrected chi connectivity index (χ0v) is 31.3. The van der Waals surface area contributed by atoms with E-state index in [2.05, 4.69) is 76.6 Å². The number of methoxy groups -OCH3 is 2. The van der Waals surface area contributed by atoms with Crippen LogP contribution in [0.3, 0.4) is 0 Å². The van der Waals surface area contributed by atoms with Gasteiger partial charge in [-0.25, -0.2) is 24.4 Å². The van der Waals surface area contributed by atoms with Gasteiger partial charge >= 0.3 is 17.9 Å². The number of carboxylic acids is 1. The van der Waals surface area contributed by atoms with E-state index in [9.17, 15) is 14.4 Å². The van der Waals surface area contributed by atoms with Crippen molar-refractivity contribution in [3.63, 3.8) is 0 Å². The summed E-state index contributed by atoms with van der Waals surface area (Å²) in [5.74, 6) is 12.6. The molecule has 1 N–H and O–H groups in total. The molecule has 3 aromatic carbocycles. The molecule has 0 atom stereocenters. The van der Waals surface area contributed by atoms with E-state index in [4.69, 9.17) is 11.5 Å². The number of pyridine rings is 3. The number of carboxylic acid groups (broad SMARTS) is 1. The van der Waals surface area contributed by atoms with E-state index < -0.39 is 5.97 Å². The number of carbonyl (C=O) groups excluding carboxylic acids is 2. The number of terminal acetylenes is 1. The van der Waals surface area contributed by atoms with Gasteiger partial charge in [-0.05, 0) is 144 Å². The second-order valence-electron chi connectivity index (χ2n) is 10.2. The first-order valence-corrected chi connectivity index (χ1v) is 16.9. The highest BCUT2D eigenvalue weighted by Crippen LogP contribution is 2.06. The maximum Gasteiger partial charge on any atom is 0.337 e. The average molecular weight is 826 g/mol. The van der Waals surface area contributed by atoms with Gasteiger partial charge in [-0.3, -0.25) is 4.98 Å². The third-order valence-corrected chi connectivity index (χ3v) is 7.18. The molecule has 6 rings (SSSR count). The molecule has 0 saturated heterocycles. The highest BCUT2D eigenvalue weighted by Gasteiger charge is 2.04. The van der Waals surface area contributed by atoms with Gasteiger partial charge < -0.3 is 14.6 Å². The van der Waals surface area contributed by atoms with E-state index in [1.165, 1.54) is 26.4 Å². The highest BCUT2D eigenvalue weighted by molar-refractivity contribution is 14.1. The summed E-state index contributed by atoms with van der Waals surface area (Å²) in [7, 11) is 2.70. The molecule has 0 radical (unpaired) electrons. The fourth-order valence-corrected chi connectivity index (χ4v) is 4.18. The summed E-state index contributed by atoms with van der Waals surface area (Å²) in [4.78, 5) is 45.0. The van der Waals surface area contributed by atoms with Gasteiger partial charge in [0.05, 0.1) is 30.9 Å². The number of ether oxygens (including phenoxy) is 2.